The Morgan fingerprint density at radius 3 is 2.29 bits per heavy atom. The summed E-state index contributed by atoms with van der Waals surface area (Å²) in [5, 5.41) is 10.3. The number of aliphatic hydroxyl groups is 1. The van der Waals surface area contributed by atoms with Gasteiger partial charge in [0.1, 0.15) is 0 Å². The molecule has 2 rings (SSSR count). The van der Waals surface area contributed by atoms with Gasteiger partial charge in [-0.3, -0.25) is 0 Å². The lowest BCUT2D eigenvalue weighted by Crippen LogP contribution is -2.41. The first-order valence-corrected chi connectivity index (χ1v) is 7.47. The number of hydrogen-bond donors (Lipinski definition) is 1. The second kappa shape index (κ2) is 5.77. The zero-order valence-corrected chi connectivity index (χ0v) is 14.0. The van der Waals surface area contributed by atoms with Crippen LogP contribution in [-0.2, 0) is 9.31 Å². The van der Waals surface area contributed by atoms with Crippen molar-refractivity contribution in [1.29, 1.82) is 0 Å². The van der Waals surface area contributed by atoms with E-state index in [9.17, 15) is 5.11 Å². The molecule has 1 aromatic carbocycles. The predicted molar refractivity (Wildman–Crippen MR) is 87.3 cm³/mol. The summed E-state index contributed by atoms with van der Waals surface area (Å²) >= 11 is 6.24. The van der Waals surface area contributed by atoms with E-state index >= 15 is 0 Å². The van der Waals surface area contributed by atoms with Crippen LogP contribution in [0.5, 0.6) is 0 Å². The highest BCUT2D eigenvalue weighted by Crippen LogP contribution is 2.39. The van der Waals surface area contributed by atoms with Gasteiger partial charge >= 0.3 is 7.12 Å². The highest BCUT2D eigenvalue weighted by atomic mass is 35.5. The lowest BCUT2D eigenvalue weighted by atomic mass is 9.77. The second-order valence-electron chi connectivity index (χ2n) is 6.49. The van der Waals surface area contributed by atoms with Gasteiger partial charge in [0.2, 0.25) is 0 Å². The van der Waals surface area contributed by atoms with Gasteiger partial charge in [-0.1, -0.05) is 29.8 Å². The van der Waals surface area contributed by atoms with E-state index in [4.69, 9.17) is 20.9 Å². The van der Waals surface area contributed by atoms with Gasteiger partial charge in [0, 0.05) is 5.02 Å². The lowest BCUT2D eigenvalue weighted by molar-refractivity contribution is 0.00578. The third-order valence-corrected chi connectivity index (χ3v) is 4.56. The molecule has 1 N–H and O–H groups in total. The quantitative estimate of drug-likeness (QED) is 0.866. The van der Waals surface area contributed by atoms with Gasteiger partial charge in [0.15, 0.2) is 0 Å². The molecule has 0 bridgehead atoms. The Morgan fingerprint density at radius 1 is 1.24 bits per heavy atom. The Labute approximate surface area is 132 Å². The highest BCUT2D eigenvalue weighted by molar-refractivity contribution is 6.56. The SMILES string of the molecule is Cc1ccc(C=C(CO)B2OC(C)(C)C(C)(C)O2)c(Cl)c1. The average Bonchev–Trinajstić information content (AvgIpc) is 2.57. The molecule has 0 aromatic heterocycles. The van der Waals surface area contributed by atoms with Gasteiger partial charge < -0.3 is 14.4 Å². The van der Waals surface area contributed by atoms with Crippen molar-refractivity contribution in [1.82, 2.24) is 0 Å². The molecule has 0 aliphatic carbocycles. The maximum Gasteiger partial charge on any atom is 0.492 e. The van der Waals surface area contributed by atoms with Crippen LogP contribution < -0.4 is 0 Å². The van der Waals surface area contributed by atoms with Gasteiger partial charge in [-0.05, 0) is 57.3 Å². The first-order valence-electron chi connectivity index (χ1n) is 7.09. The smallest absolute Gasteiger partial charge is 0.400 e. The Kier molecular flexibility index (Phi) is 4.55. The van der Waals surface area contributed by atoms with Crippen LogP contribution in [0.2, 0.25) is 5.02 Å². The van der Waals surface area contributed by atoms with Gasteiger partial charge in [0.05, 0.1) is 17.8 Å². The fourth-order valence-electron chi connectivity index (χ4n) is 2.13. The molecule has 1 aromatic rings. The standard InChI is InChI=1S/C16H22BClO3/c1-11-6-7-12(14(18)8-11)9-13(10-19)17-20-15(2,3)16(4,5)21-17/h6-9,19H,10H2,1-5H3. The molecular formula is C16H22BClO3. The third kappa shape index (κ3) is 3.34. The van der Waals surface area contributed by atoms with E-state index < -0.39 is 18.3 Å². The molecule has 1 saturated heterocycles. The summed E-state index contributed by atoms with van der Waals surface area (Å²) in [4.78, 5) is 0. The van der Waals surface area contributed by atoms with Crippen LogP contribution in [0.15, 0.2) is 23.7 Å². The van der Waals surface area contributed by atoms with Crippen LogP contribution in [-0.4, -0.2) is 30.0 Å². The van der Waals surface area contributed by atoms with E-state index in [1.165, 1.54) is 0 Å². The van der Waals surface area contributed by atoms with Gasteiger partial charge in [-0.2, -0.15) is 0 Å². The molecule has 3 nitrogen and oxygen atoms in total. The molecule has 0 saturated carbocycles. The normalized spacial score (nSPS) is 20.9. The summed E-state index contributed by atoms with van der Waals surface area (Å²) in [6.45, 7) is 9.80. The molecule has 1 aliphatic heterocycles. The lowest BCUT2D eigenvalue weighted by Gasteiger charge is -2.32. The van der Waals surface area contributed by atoms with Crippen molar-refractivity contribution < 1.29 is 14.4 Å². The van der Waals surface area contributed by atoms with E-state index in [1.807, 2.05) is 58.9 Å². The van der Waals surface area contributed by atoms with Crippen LogP contribution in [0, 0.1) is 6.92 Å². The maximum atomic E-state index is 9.66. The van der Waals surface area contributed by atoms with Crippen molar-refractivity contribution in [2.24, 2.45) is 0 Å². The second-order valence-corrected chi connectivity index (χ2v) is 6.90. The van der Waals surface area contributed by atoms with Crippen LogP contribution >= 0.6 is 11.6 Å². The van der Waals surface area contributed by atoms with Crippen molar-refractivity contribution in [3.63, 3.8) is 0 Å². The largest absolute Gasteiger partial charge is 0.492 e. The zero-order valence-electron chi connectivity index (χ0n) is 13.2. The Morgan fingerprint density at radius 2 is 1.81 bits per heavy atom. The average molecular weight is 309 g/mol. The van der Waals surface area contributed by atoms with Crippen LogP contribution in [0.25, 0.3) is 6.08 Å². The van der Waals surface area contributed by atoms with Gasteiger partial charge in [0.25, 0.3) is 0 Å². The summed E-state index contributed by atoms with van der Waals surface area (Å²) < 4.78 is 11.9. The molecule has 1 aliphatic rings. The maximum absolute atomic E-state index is 9.66. The fraction of sp³-hybridized carbons (Fsp3) is 0.500. The van der Waals surface area contributed by atoms with Crippen molar-refractivity contribution in [3.05, 3.63) is 39.8 Å². The van der Waals surface area contributed by atoms with Crippen LogP contribution in [0.4, 0.5) is 0 Å². The fourth-order valence-corrected chi connectivity index (χ4v) is 2.42. The summed E-state index contributed by atoms with van der Waals surface area (Å²) in [7, 11) is -0.558. The number of rotatable bonds is 3. The number of aryl methyl sites for hydroxylation is 1. The molecule has 5 heteroatoms. The molecule has 1 fully saturated rings. The third-order valence-electron chi connectivity index (χ3n) is 4.24. The summed E-state index contributed by atoms with van der Waals surface area (Å²) in [6.07, 6.45) is 1.84. The van der Waals surface area contributed by atoms with Crippen molar-refractivity contribution in [2.45, 2.75) is 45.8 Å². The molecule has 0 unspecified atom stereocenters. The monoisotopic (exact) mass is 308 g/mol. The summed E-state index contributed by atoms with van der Waals surface area (Å²) in [5.41, 5.74) is 1.75. The van der Waals surface area contributed by atoms with Crippen molar-refractivity contribution in [3.8, 4) is 0 Å². The Balaban J connectivity index is 2.31. The molecule has 114 valence electrons. The minimum atomic E-state index is -0.558. The van der Waals surface area contributed by atoms with Gasteiger partial charge in [-0.15, -0.1) is 0 Å². The van der Waals surface area contributed by atoms with E-state index in [0.717, 1.165) is 11.1 Å². The molecule has 0 atom stereocenters. The minimum absolute atomic E-state index is 0.138. The number of aliphatic hydroxyl groups excluding tert-OH is 1. The Hall–Kier alpha value is -0.805. The number of hydrogen-bond acceptors (Lipinski definition) is 3. The molecule has 0 amide bonds. The van der Waals surface area contributed by atoms with Crippen molar-refractivity contribution >= 4 is 24.8 Å². The molecular weight excluding hydrogens is 286 g/mol. The summed E-state index contributed by atoms with van der Waals surface area (Å²) in [5.74, 6) is 0. The summed E-state index contributed by atoms with van der Waals surface area (Å²) in [6, 6.07) is 5.81. The molecule has 21 heavy (non-hydrogen) atoms. The van der Waals surface area contributed by atoms with Crippen LogP contribution in [0.3, 0.4) is 0 Å². The first-order chi connectivity index (χ1) is 9.66. The number of halogens is 1. The minimum Gasteiger partial charge on any atom is -0.400 e. The van der Waals surface area contributed by atoms with E-state index in [2.05, 4.69) is 0 Å². The Bertz CT molecular complexity index is 551. The topological polar surface area (TPSA) is 38.7 Å². The first kappa shape index (κ1) is 16.6. The molecule has 0 spiro atoms. The van der Waals surface area contributed by atoms with E-state index in [-0.39, 0.29) is 6.61 Å². The predicted octanol–water partition coefficient (Wildman–Crippen LogP) is 3.66. The van der Waals surface area contributed by atoms with Gasteiger partial charge in [-0.25, -0.2) is 0 Å². The van der Waals surface area contributed by atoms with E-state index in [0.29, 0.717) is 10.5 Å². The molecule has 0 radical (unpaired) electrons. The van der Waals surface area contributed by atoms with E-state index in [1.54, 1.807) is 0 Å². The zero-order chi connectivity index (χ0) is 15.8. The van der Waals surface area contributed by atoms with Crippen LogP contribution in [0.1, 0.15) is 38.8 Å². The highest BCUT2D eigenvalue weighted by Gasteiger charge is 2.52. The number of benzene rings is 1. The molecule has 1 heterocycles. The van der Waals surface area contributed by atoms with Crippen molar-refractivity contribution in [2.75, 3.05) is 6.61 Å².